The zero-order valence-electron chi connectivity index (χ0n) is 16.1. The molecule has 1 unspecified atom stereocenters. The fourth-order valence-electron chi connectivity index (χ4n) is 3.69. The predicted molar refractivity (Wildman–Crippen MR) is 105 cm³/mol. The first kappa shape index (κ1) is 18.6. The normalized spacial score (nSPS) is 15.4. The molecular weight excluding hydrogens is 356 g/mol. The van der Waals surface area contributed by atoms with Gasteiger partial charge in [0.1, 0.15) is 6.10 Å². The summed E-state index contributed by atoms with van der Waals surface area (Å²) >= 11 is 0. The monoisotopic (exact) mass is 380 g/mol. The van der Waals surface area contributed by atoms with Crippen LogP contribution in [-0.2, 0) is 13.1 Å². The standard InChI is InChI=1S/C21H24N4O3/c1-13-4-5-18-15(8-13)9-17(14(2)22-18)21(28)24-6-3-7-25-16(11-24)10-19(23-25)20(27)12-26/h4-5,8-10,20,26-27H,3,6-7,11-12H2,1-2H3. The Bertz CT molecular complexity index is 1040. The van der Waals surface area contributed by atoms with Gasteiger partial charge in [0.15, 0.2) is 0 Å². The highest BCUT2D eigenvalue weighted by molar-refractivity contribution is 5.98. The van der Waals surface area contributed by atoms with Gasteiger partial charge in [-0.2, -0.15) is 5.10 Å². The summed E-state index contributed by atoms with van der Waals surface area (Å²) in [6, 6.07) is 9.73. The molecule has 0 fully saturated rings. The number of carbonyl (C=O) groups is 1. The van der Waals surface area contributed by atoms with E-state index in [1.165, 1.54) is 0 Å². The van der Waals surface area contributed by atoms with Crippen molar-refractivity contribution in [1.82, 2.24) is 19.7 Å². The number of pyridine rings is 1. The van der Waals surface area contributed by atoms with Crippen molar-refractivity contribution in [3.05, 3.63) is 58.5 Å². The van der Waals surface area contributed by atoms with Crippen LogP contribution >= 0.6 is 0 Å². The van der Waals surface area contributed by atoms with Crippen molar-refractivity contribution in [3.8, 4) is 0 Å². The molecule has 0 saturated carbocycles. The number of nitrogens with zero attached hydrogens (tertiary/aromatic N) is 4. The summed E-state index contributed by atoms with van der Waals surface area (Å²) in [6.07, 6.45) is -0.229. The van der Waals surface area contributed by atoms with Gasteiger partial charge in [-0.25, -0.2) is 0 Å². The first-order valence-corrected chi connectivity index (χ1v) is 9.49. The summed E-state index contributed by atoms with van der Waals surface area (Å²) in [6.45, 7) is 5.23. The summed E-state index contributed by atoms with van der Waals surface area (Å²) in [5.41, 5.74) is 4.64. The second kappa shape index (κ2) is 7.33. The Morgan fingerprint density at radius 2 is 2.04 bits per heavy atom. The number of aliphatic hydroxyl groups is 2. The van der Waals surface area contributed by atoms with E-state index < -0.39 is 6.10 Å². The summed E-state index contributed by atoms with van der Waals surface area (Å²) in [5.74, 6) is -0.0488. The van der Waals surface area contributed by atoms with E-state index in [-0.39, 0.29) is 12.5 Å². The summed E-state index contributed by atoms with van der Waals surface area (Å²) in [5, 5.41) is 24.3. The molecule has 3 aromatic rings. The minimum atomic E-state index is -1.00. The molecule has 2 aromatic heterocycles. The molecular formula is C21H24N4O3. The molecule has 1 aromatic carbocycles. The van der Waals surface area contributed by atoms with Crippen LogP contribution in [-0.4, -0.2) is 48.9 Å². The third-order valence-corrected chi connectivity index (χ3v) is 5.23. The maximum absolute atomic E-state index is 13.3. The van der Waals surface area contributed by atoms with Gasteiger partial charge in [-0.15, -0.1) is 0 Å². The third kappa shape index (κ3) is 3.39. The highest BCUT2D eigenvalue weighted by Crippen LogP contribution is 2.23. The van der Waals surface area contributed by atoms with Crippen LogP contribution in [0.1, 0.15) is 45.5 Å². The summed E-state index contributed by atoms with van der Waals surface area (Å²) in [4.78, 5) is 19.7. The fourth-order valence-corrected chi connectivity index (χ4v) is 3.69. The van der Waals surface area contributed by atoms with E-state index >= 15 is 0 Å². The van der Waals surface area contributed by atoms with Crippen LogP contribution in [0.5, 0.6) is 0 Å². The van der Waals surface area contributed by atoms with Crippen LogP contribution < -0.4 is 0 Å². The van der Waals surface area contributed by atoms with Crippen LogP contribution in [0.4, 0.5) is 0 Å². The average Bonchev–Trinajstić information content (AvgIpc) is 2.98. The highest BCUT2D eigenvalue weighted by Gasteiger charge is 2.24. The number of amides is 1. The van der Waals surface area contributed by atoms with Crippen LogP contribution in [0, 0.1) is 13.8 Å². The van der Waals surface area contributed by atoms with Gasteiger partial charge in [-0.05, 0) is 44.5 Å². The van der Waals surface area contributed by atoms with Crippen molar-refractivity contribution in [3.63, 3.8) is 0 Å². The van der Waals surface area contributed by atoms with E-state index in [4.69, 9.17) is 5.11 Å². The van der Waals surface area contributed by atoms with Crippen molar-refractivity contribution in [1.29, 1.82) is 0 Å². The van der Waals surface area contributed by atoms with Gasteiger partial charge < -0.3 is 15.1 Å². The predicted octanol–water partition coefficient (Wildman–Crippen LogP) is 2.12. The molecule has 1 atom stereocenters. The van der Waals surface area contributed by atoms with Gasteiger partial charge in [0, 0.05) is 18.5 Å². The van der Waals surface area contributed by atoms with Crippen molar-refractivity contribution in [2.45, 2.75) is 39.5 Å². The lowest BCUT2D eigenvalue weighted by Crippen LogP contribution is -2.31. The first-order chi connectivity index (χ1) is 13.5. The molecule has 1 aliphatic heterocycles. The van der Waals surface area contributed by atoms with E-state index in [0.717, 1.165) is 34.3 Å². The van der Waals surface area contributed by atoms with Crippen LogP contribution in [0.2, 0.25) is 0 Å². The molecule has 28 heavy (non-hydrogen) atoms. The number of hydrogen-bond acceptors (Lipinski definition) is 5. The van der Waals surface area contributed by atoms with Crippen molar-refractivity contribution < 1.29 is 15.0 Å². The number of aromatic nitrogens is 3. The molecule has 1 aliphatic rings. The van der Waals surface area contributed by atoms with E-state index in [1.807, 2.05) is 42.8 Å². The summed E-state index contributed by atoms with van der Waals surface area (Å²) in [7, 11) is 0. The van der Waals surface area contributed by atoms with Gasteiger partial charge in [0.2, 0.25) is 0 Å². The third-order valence-electron chi connectivity index (χ3n) is 5.23. The molecule has 7 heteroatoms. The van der Waals surface area contributed by atoms with Gasteiger partial charge in [0.25, 0.3) is 5.91 Å². The van der Waals surface area contributed by atoms with Crippen molar-refractivity contribution in [2.24, 2.45) is 0 Å². The fraction of sp³-hybridized carbons (Fsp3) is 0.381. The lowest BCUT2D eigenvalue weighted by atomic mass is 10.1. The highest BCUT2D eigenvalue weighted by atomic mass is 16.3. The molecule has 0 saturated heterocycles. The first-order valence-electron chi connectivity index (χ1n) is 9.49. The van der Waals surface area contributed by atoms with E-state index in [0.29, 0.717) is 30.9 Å². The van der Waals surface area contributed by atoms with Gasteiger partial charge in [-0.3, -0.25) is 14.5 Å². The largest absolute Gasteiger partial charge is 0.393 e. The molecule has 0 spiro atoms. The zero-order chi connectivity index (χ0) is 19.8. The Hall–Kier alpha value is -2.77. The van der Waals surface area contributed by atoms with Crippen LogP contribution in [0.15, 0.2) is 30.3 Å². The minimum Gasteiger partial charge on any atom is -0.393 e. The van der Waals surface area contributed by atoms with Crippen molar-refractivity contribution in [2.75, 3.05) is 13.2 Å². The maximum atomic E-state index is 13.3. The van der Waals surface area contributed by atoms with Crippen LogP contribution in [0.3, 0.4) is 0 Å². The quantitative estimate of drug-likeness (QED) is 0.726. The Morgan fingerprint density at radius 3 is 2.82 bits per heavy atom. The Kier molecular flexibility index (Phi) is 4.87. The molecule has 0 aliphatic carbocycles. The smallest absolute Gasteiger partial charge is 0.256 e. The minimum absolute atomic E-state index is 0.0488. The molecule has 2 N–H and O–H groups in total. The number of rotatable bonds is 3. The van der Waals surface area contributed by atoms with Gasteiger partial charge >= 0.3 is 0 Å². The molecule has 1 amide bonds. The van der Waals surface area contributed by atoms with E-state index in [9.17, 15) is 9.90 Å². The Labute approximate surface area is 163 Å². The van der Waals surface area contributed by atoms with E-state index in [2.05, 4.69) is 10.1 Å². The second-order valence-corrected chi connectivity index (χ2v) is 7.38. The number of hydrogen-bond donors (Lipinski definition) is 2. The molecule has 146 valence electrons. The average molecular weight is 380 g/mol. The number of benzene rings is 1. The van der Waals surface area contributed by atoms with Crippen LogP contribution in [0.25, 0.3) is 10.9 Å². The molecule has 0 bridgehead atoms. The maximum Gasteiger partial charge on any atom is 0.256 e. The number of aryl methyl sites for hydroxylation is 3. The molecule has 7 nitrogen and oxygen atoms in total. The number of carbonyl (C=O) groups excluding carboxylic acids is 1. The lowest BCUT2D eigenvalue weighted by molar-refractivity contribution is 0.0744. The molecule has 0 radical (unpaired) electrons. The summed E-state index contributed by atoms with van der Waals surface area (Å²) < 4.78 is 1.82. The topological polar surface area (TPSA) is 91.5 Å². The van der Waals surface area contributed by atoms with Gasteiger partial charge in [-0.1, -0.05) is 11.6 Å². The number of fused-ring (bicyclic) bond motifs is 2. The van der Waals surface area contributed by atoms with Crippen molar-refractivity contribution >= 4 is 16.8 Å². The molecule has 4 rings (SSSR count). The zero-order valence-corrected chi connectivity index (χ0v) is 16.1. The van der Waals surface area contributed by atoms with E-state index in [1.54, 1.807) is 11.0 Å². The Balaban J connectivity index is 1.65. The molecule has 3 heterocycles. The Morgan fingerprint density at radius 1 is 1.21 bits per heavy atom. The van der Waals surface area contributed by atoms with Gasteiger partial charge in [0.05, 0.1) is 41.3 Å². The SMILES string of the molecule is Cc1ccc2nc(C)c(C(=O)N3CCCn4nc(C(O)CO)cc4C3)cc2c1. The lowest BCUT2D eigenvalue weighted by Gasteiger charge is -2.21. The number of aliphatic hydroxyl groups excluding tert-OH is 2. The second-order valence-electron chi connectivity index (χ2n) is 7.38.